The summed E-state index contributed by atoms with van der Waals surface area (Å²) in [6.45, 7) is 4.11. The number of alkyl halides is 3. The van der Waals surface area contributed by atoms with Crippen LogP contribution in [-0.2, 0) is 11.0 Å². The number of hydrogen-bond donors (Lipinski definition) is 1. The quantitative estimate of drug-likeness (QED) is 0.661. The molecule has 1 heterocycles. The Morgan fingerprint density at radius 3 is 2.50 bits per heavy atom. The molecule has 2 aromatic rings. The molecule has 1 N–H and O–H groups in total. The Balaban J connectivity index is 2.04. The lowest BCUT2D eigenvalue weighted by molar-refractivity contribution is -0.138. The first-order chi connectivity index (χ1) is 14.1. The molecular formula is C22H21ClF3N3O. The Kier molecular flexibility index (Phi) is 6.27. The standard InChI is InChI=1S/C22H21ClF3N3O/c1-13(2)29-12-15(9-20(29)30)21(17-5-3-4-6-18(17)22(24,25)26)28-16-8-7-14(11-27)19(23)10-16/h3-8,10,13,15,21,28H,9,12H2,1-2H3/t15-,21?/m0/s1. The summed E-state index contributed by atoms with van der Waals surface area (Å²) < 4.78 is 41.1. The summed E-state index contributed by atoms with van der Waals surface area (Å²) in [7, 11) is 0. The van der Waals surface area contributed by atoms with Crippen LogP contribution in [0.15, 0.2) is 42.5 Å². The molecule has 1 unspecified atom stereocenters. The van der Waals surface area contributed by atoms with E-state index in [9.17, 15) is 18.0 Å². The van der Waals surface area contributed by atoms with Crippen LogP contribution in [0.4, 0.5) is 18.9 Å². The number of nitriles is 1. The lowest BCUT2D eigenvalue weighted by Crippen LogP contribution is -2.33. The van der Waals surface area contributed by atoms with Crippen molar-refractivity contribution >= 4 is 23.2 Å². The van der Waals surface area contributed by atoms with Crippen molar-refractivity contribution in [2.75, 3.05) is 11.9 Å². The molecule has 158 valence electrons. The molecule has 3 rings (SSSR count). The first-order valence-corrected chi connectivity index (χ1v) is 9.91. The fraction of sp³-hybridized carbons (Fsp3) is 0.364. The Morgan fingerprint density at radius 1 is 1.23 bits per heavy atom. The molecule has 2 atom stereocenters. The number of likely N-dealkylation sites (tertiary alicyclic amines) is 1. The second kappa shape index (κ2) is 8.57. The number of carbonyl (C=O) groups is 1. The number of rotatable bonds is 5. The van der Waals surface area contributed by atoms with Crippen LogP contribution in [0.5, 0.6) is 0 Å². The third kappa shape index (κ3) is 4.54. The molecule has 4 nitrogen and oxygen atoms in total. The number of halogens is 4. The lowest BCUT2D eigenvalue weighted by Gasteiger charge is -2.29. The van der Waals surface area contributed by atoms with Gasteiger partial charge in [0.1, 0.15) is 6.07 Å². The minimum atomic E-state index is -4.53. The second-order valence-corrected chi connectivity index (χ2v) is 8.02. The predicted octanol–water partition coefficient (Wildman–Crippen LogP) is 5.64. The van der Waals surface area contributed by atoms with E-state index in [0.29, 0.717) is 12.2 Å². The van der Waals surface area contributed by atoms with Crippen LogP contribution in [-0.4, -0.2) is 23.4 Å². The van der Waals surface area contributed by atoms with Crippen molar-refractivity contribution in [2.45, 2.75) is 38.5 Å². The first kappa shape index (κ1) is 22.0. The average molecular weight is 436 g/mol. The van der Waals surface area contributed by atoms with Crippen molar-refractivity contribution < 1.29 is 18.0 Å². The minimum Gasteiger partial charge on any atom is -0.378 e. The van der Waals surface area contributed by atoms with E-state index >= 15 is 0 Å². The molecule has 1 aliphatic heterocycles. The van der Waals surface area contributed by atoms with Crippen molar-refractivity contribution in [1.82, 2.24) is 4.90 Å². The highest BCUT2D eigenvalue weighted by molar-refractivity contribution is 6.32. The Hall–Kier alpha value is -2.72. The summed E-state index contributed by atoms with van der Waals surface area (Å²) in [5, 5.41) is 12.4. The van der Waals surface area contributed by atoms with E-state index in [1.165, 1.54) is 24.3 Å². The van der Waals surface area contributed by atoms with Gasteiger partial charge in [-0.2, -0.15) is 18.4 Å². The number of benzene rings is 2. The smallest absolute Gasteiger partial charge is 0.378 e. The minimum absolute atomic E-state index is 0.0367. The number of amides is 1. The Labute approximate surface area is 178 Å². The Morgan fingerprint density at radius 2 is 1.93 bits per heavy atom. The molecule has 1 amide bonds. The molecule has 1 aliphatic rings. The molecule has 0 spiro atoms. The maximum Gasteiger partial charge on any atom is 0.416 e. The maximum absolute atomic E-state index is 13.7. The molecule has 0 aliphatic carbocycles. The topological polar surface area (TPSA) is 56.1 Å². The third-order valence-electron chi connectivity index (χ3n) is 5.30. The molecule has 1 saturated heterocycles. The molecule has 30 heavy (non-hydrogen) atoms. The van der Waals surface area contributed by atoms with Crippen molar-refractivity contribution in [2.24, 2.45) is 5.92 Å². The van der Waals surface area contributed by atoms with E-state index < -0.39 is 17.8 Å². The van der Waals surface area contributed by atoms with Gasteiger partial charge in [-0.1, -0.05) is 29.8 Å². The van der Waals surface area contributed by atoms with E-state index in [2.05, 4.69) is 5.32 Å². The van der Waals surface area contributed by atoms with Gasteiger partial charge in [-0.25, -0.2) is 0 Å². The van der Waals surface area contributed by atoms with Crippen LogP contribution < -0.4 is 5.32 Å². The molecule has 0 radical (unpaired) electrons. The summed E-state index contributed by atoms with van der Waals surface area (Å²) in [6.07, 6.45) is -4.38. The van der Waals surface area contributed by atoms with Gasteiger partial charge in [0.05, 0.1) is 22.2 Å². The van der Waals surface area contributed by atoms with E-state index in [0.717, 1.165) is 6.07 Å². The highest BCUT2D eigenvalue weighted by Crippen LogP contribution is 2.41. The maximum atomic E-state index is 13.7. The van der Waals surface area contributed by atoms with Crippen molar-refractivity contribution in [3.63, 3.8) is 0 Å². The lowest BCUT2D eigenvalue weighted by atomic mass is 9.88. The van der Waals surface area contributed by atoms with Crippen LogP contribution in [0.25, 0.3) is 0 Å². The highest BCUT2D eigenvalue weighted by Gasteiger charge is 2.41. The number of nitrogens with zero attached hydrogens (tertiary/aromatic N) is 2. The van der Waals surface area contributed by atoms with Crippen molar-refractivity contribution in [3.8, 4) is 6.07 Å². The van der Waals surface area contributed by atoms with E-state index in [1.807, 2.05) is 19.9 Å². The van der Waals surface area contributed by atoms with Gasteiger partial charge in [0.2, 0.25) is 5.91 Å². The van der Waals surface area contributed by atoms with Crippen LogP contribution in [0.3, 0.4) is 0 Å². The zero-order valence-corrected chi connectivity index (χ0v) is 17.3. The average Bonchev–Trinajstić information content (AvgIpc) is 3.07. The van der Waals surface area contributed by atoms with E-state index in [1.54, 1.807) is 17.0 Å². The monoisotopic (exact) mass is 435 g/mol. The fourth-order valence-electron chi connectivity index (χ4n) is 3.83. The second-order valence-electron chi connectivity index (χ2n) is 7.62. The van der Waals surface area contributed by atoms with Gasteiger partial charge < -0.3 is 10.2 Å². The molecule has 2 aromatic carbocycles. The SMILES string of the molecule is CC(C)N1C[C@@H](C(Nc2ccc(C#N)c(Cl)c2)c2ccccc2C(F)(F)F)CC1=O. The Bertz CT molecular complexity index is 984. The fourth-order valence-corrected chi connectivity index (χ4v) is 4.06. The van der Waals surface area contributed by atoms with E-state index in [-0.39, 0.29) is 40.4 Å². The first-order valence-electron chi connectivity index (χ1n) is 9.53. The van der Waals surface area contributed by atoms with Crippen LogP contribution in [0, 0.1) is 17.2 Å². The molecule has 0 saturated carbocycles. The largest absolute Gasteiger partial charge is 0.416 e. The third-order valence-corrected chi connectivity index (χ3v) is 5.61. The van der Waals surface area contributed by atoms with Gasteiger partial charge >= 0.3 is 6.18 Å². The van der Waals surface area contributed by atoms with Gasteiger partial charge in [0.15, 0.2) is 0 Å². The summed E-state index contributed by atoms with van der Waals surface area (Å²) in [6, 6.07) is 11.2. The summed E-state index contributed by atoms with van der Waals surface area (Å²) in [4.78, 5) is 14.1. The van der Waals surface area contributed by atoms with Crippen molar-refractivity contribution in [3.05, 3.63) is 64.2 Å². The van der Waals surface area contributed by atoms with Gasteiger partial charge in [0, 0.05) is 30.6 Å². The molecular weight excluding hydrogens is 415 g/mol. The molecule has 8 heteroatoms. The number of carbonyl (C=O) groups excluding carboxylic acids is 1. The van der Waals surface area contributed by atoms with Crippen LogP contribution in [0.2, 0.25) is 5.02 Å². The van der Waals surface area contributed by atoms with Gasteiger partial charge in [-0.05, 0) is 43.7 Å². The normalized spacial score (nSPS) is 17.9. The van der Waals surface area contributed by atoms with E-state index in [4.69, 9.17) is 16.9 Å². The highest BCUT2D eigenvalue weighted by atomic mass is 35.5. The van der Waals surface area contributed by atoms with Gasteiger partial charge in [-0.15, -0.1) is 0 Å². The summed E-state index contributed by atoms with van der Waals surface area (Å²) in [5.74, 6) is -0.443. The number of hydrogen-bond acceptors (Lipinski definition) is 3. The molecule has 1 fully saturated rings. The predicted molar refractivity (Wildman–Crippen MR) is 109 cm³/mol. The zero-order chi connectivity index (χ0) is 22.1. The summed E-state index contributed by atoms with van der Waals surface area (Å²) in [5.41, 5.74) is 0.0967. The van der Waals surface area contributed by atoms with Crippen LogP contribution in [0.1, 0.15) is 43.0 Å². The van der Waals surface area contributed by atoms with Crippen LogP contribution >= 0.6 is 11.6 Å². The zero-order valence-electron chi connectivity index (χ0n) is 16.5. The number of nitrogens with one attached hydrogen (secondary N) is 1. The number of anilines is 1. The van der Waals surface area contributed by atoms with Gasteiger partial charge in [0.25, 0.3) is 0 Å². The molecule has 0 bridgehead atoms. The summed E-state index contributed by atoms with van der Waals surface area (Å²) >= 11 is 6.11. The van der Waals surface area contributed by atoms with Crippen molar-refractivity contribution in [1.29, 1.82) is 5.26 Å². The molecule has 0 aromatic heterocycles. The van der Waals surface area contributed by atoms with Gasteiger partial charge in [-0.3, -0.25) is 4.79 Å².